The second kappa shape index (κ2) is 9.06. The molecule has 0 aromatic heterocycles. The van der Waals surface area contributed by atoms with Crippen LogP contribution < -0.4 is 10.6 Å². The highest BCUT2D eigenvalue weighted by atomic mass is 35.5. The number of nitrogens with one attached hydrogen (secondary N) is 1. The number of amidine groups is 1. The van der Waals surface area contributed by atoms with Gasteiger partial charge in [0.25, 0.3) is 0 Å². The molecule has 3 N–H and O–H groups in total. The van der Waals surface area contributed by atoms with Gasteiger partial charge < -0.3 is 16.0 Å². The van der Waals surface area contributed by atoms with E-state index < -0.39 is 28.9 Å². The van der Waals surface area contributed by atoms with Crippen LogP contribution in [-0.4, -0.2) is 37.5 Å². The van der Waals surface area contributed by atoms with E-state index in [4.69, 9.17) is 34.3 Å². The van der Waals surface area contributed by atoms with Crippen molar-refractivity contribution in [3.8, 4) is 0 Å². The highest BCUT2D eigenvalue weighted by Gasteiger charge is 2.75. The first kappa shape index (κ1) is 25.2. The number of benzene rings is 2. The van der Waals surface area contributed by atoms with Crippen LogP contribution in [0.2, 0.25) is 10.0 Å². The van der Waals surface area contributed by atoms with E-state index in [-0.39, 0.29) is 46.8 Å². The van der Waals surface area contributed by atoms with Crippen molar-refractivity contribution in [2.45, 2.75) is 30.6 Å². The number of fused-ring (bicyclic) bond motifs is 2. The Kier molecular flexibility index (Phi) is 6.91. The molecule has 0 saturated heterocycles. The number of anilines is 2. The van der Waals surface area contributed by atoms with E-state index in [2.05, 4.69) is 4.99 Å². The number of halogens is 8. The molecule has 0 atom stereocenters. The van der Waals surface area contributed by atoms with Crippen LogP contribution in [0.4, 0.5) is 37.7 Å². The van der Waals surface area contributed by atoms with E-state index in [0.29, 0.717) is 18.6 Å². The average Bonchev–Trinajstić information content (AvgIpc) is 2.69. The van der Waals surface area contributed by atoms with E-state index in [1.54, 1.807) is 0 Å². The molecule has 0 bridgehead atoms. The van der Waals surface area contributed by atoms with Gasteiger partial charge in [0.05, 0.1) is 5.84 Å². The molecule has 0 radical (unpaired) electrons. The van der Waals surface area contributed by atoms with Crippen LogP contribution in [0.3, 0.4) is 0 Å². The van der Waals surface area contributed by atoms with Crippen molar-refractivity contribution in [2.24, 2.45) is 10.7 Å². The maximum atomic E-state index is 14.4. The quantitative estimate of drug-likeness (QED) is 0.198. The molecule has 0 fully saturated rings. The summed E-state index contributed by atoms with van der Waals surface area (Å²) in [7, 11) is 0. The molecule has 0 amide bonds. The molecule has 1 heterocycles. The molecule has 178 valence electrons. The highest BCUT2D eigenvalue weighted by molar-refractivity contribution is 6.31. The molecule has 1 aliphatic rings. The van der Waals surface area contributed by atoms with Gasteiger partial charge in [0.1, 0.15) is 0 Å². The van der Waals surface area contributed by atoms with Crippen molar-refractivity contribution >= 4 is 46.6 Å². The zero-order valence-electron chi connectivity index (χ0n) is 16.9. The molecular weight excluding hydrogens is 493 g/mol. The van der Waals surface area contributed by atoms with Gasteiger partial charge >= 0.3 is 12.4 Å². The third kappa shape index (κ3) is 4.38. The Bertz CT molecular complexity index is 1010. The lowest BCUT2D eigenvalue weighted by Crippen LogP contribution is -2.57. The van der Waals surface area contributed by atoms with Crippen molar-refractivity contribution in [2.75, 3.05) is 18.0 Å². The van der Waals surface area contributed by atoms with Gasteiger partial charge in [0, 0.05) is 58.5 Å². The van der Waals surface area contributed by atoms with Gasteiger partial charge in [-0.15, -0.1) is 0 Å². The first-order valence-corrected chi connectivity index (χ1v) is 10.4. The first-order valence-electron chi connectivity index (χ1n) is 9.63. The molecule has 0 aliphatic carbocycles. The largest absolute Gasteiger partial charge is 0.411 e. The van der Waals surface area contributed by atoms with Gasteiger partial charge in [-0.3, -0.25) is 4.99 Å². The molecule has 4 nitrogen and oxygen atoms in total. The minimum absolute atomic E-state index is 0.0466. The fourth-order valence-corrected chi connectivity index (χ4v) is 4.30. The second-order valence-corrected chi connectivity index (χ2v) is 8.21. The Morgan fingerprint density at radius 3 is 1.88 bits per heavy atom. The summed E-state index contributed by atoms with van der Waals surface area (Å²) in [5.74, 6) is 0.159. The van der Waals surface area contributed by atoms with Gasteiger partial charge in [-0.2, -0.15) is 26.3 Å². The number of rotatable bonds is 6. The Balaban J connectivity index is 2.26. The van der Waals surface area contributed by atoms with Crippen molar-refractivity contribution in [1.82, 2.24) is 0 Å². The number of aliphatic imine (C=N–C) groups is 1. The smallest absolute Gasteiger partial charge is 0.387 e. The zero-order chi connectivity index (χ0) is 24.6. The Morgan fingerprint density at radius 2 is 1.45 bits per heavy atom. The van der Waals surface area contributed by atoms with E-state index in [1.807, 2.05) is 0 Å². The van der Waals surface area contributed by atoms with Gasteiger partial charge in [-0.25, -0.2) is 0 Å². The monoisotopic (exact) mass is 510 g/mol. The van der Waals surface area contributed by atoms with E-state index in [1.165, 1.54) is 17.0 Å². The summed E-state index contributed by atoms with van der Waals surface area (Å²) in [6.45, 7) is 0.202. The maximum Gasteiger partial charge on any atom is 0.411 e. The molecule has 0 unspecified atom stereocenters. The number of alkyl halides is 6. The van der Waals surface area contributed by atoms with E-state index in [9.17, 15) is 26.3 Å². The molecule has 0 saturated carbocycles. The third-order valence-corrected chi connectivity index (χ3v) is 5.81. The lowest BCUT2D eigenvalue weighted by atomic mass is 9.69. The molecule has 2 aromatic carbocycles. The number of nitrogens with two attached hydrogens (primary N) is 1. The van der Waals surface area contributed by atoms with Gasteiger partial charge in [-0.1, -0.05) is 23.2 Å². The Labute approximate surface area is 195 Å². The second-order valence-electron chi connectivity index (χ2n) is 7.34. The van der Waals surface area contributed by atoms with Gasteiger partial charge in [-0.05, 0) is 42.6 Å². The van der Waals surface area contributed by atoms with Crippen molar-refractivity contribution < 1.29 is 26.3 Å². The van der Waals surface area contributed by atoms with E-state index in [0.717, 1.165) is 18.3 Å². The zero-order valence-corrected chi connectivity index (χ0v) is 18.4. The van der Waals surface area contributed by atoms with Crippen LogP contribution in [0.15, 0.2) is 41.4 Å². The predicted octanol–water partition coefficient (Wildman–Crippen LogP) is 6.64. The average molecular weight is 511 g/mol. The van der Waals surface area contributed by atoms with Crippen LogP contribution in [-0.2, 0) is 5.41 Å². The predicted molar refractivity (Wildman–Crippen MR) is 117 cm³/mol. The normalized spacial score (nSPS) is 15.8. The summed E-state index contributed by atoms with van der Waals surface area (Å²) in [5, 5.41) is 6.45. The van der Waals surface area contributed by atoms with Crippen LogP contribution >= 0.6 is 23.2 Å². The van der Waals surface area contributed by atoms with Gasteiger partial charge in [0.2, 0.25) is 5.41 Å². The summed E-state index contributed by atoms with van der Waals surface area (Å²) < 4.78 is 86.7. The van der Waals surface area contributed by atoms with Crippen LogP contribution in [0.1, 0.15) is 24.0 Å². The minimum Gasteiger partial charge on any atom is -0.387 e. The molecule has 0 spiro atoms. The van der Waals surface area contributed by atoms with Crippen molar-refractivity contribution in [1.29, 1.82) is 5.41 Å². The Morgan fingerprint density at radius 1 is 0.970 bits per heavy atom. The molecule has 12 heteroatoms. The minimum atomic E-state index is -5.75. The summed E-state index contributed by atoms with van der Waals surface area (Å²) in [6, 6.07) is 6.10. The summed E-state index contributed by atoms with van der Waals surface area (Å²) in [6.07, 6.45) is -9.93. The third-order valence-electron chi connectivity index (χ3n) is 5.34. The summed E-state index contributed by atoms with van der Waals surface area (Å²) in [5.41, 5.74) is -1.14. The summed E-state index contributed by atoms with van der Waals surface area (Å²) in [4.78, 5) is 5.39. The van der Waals surface area contributed by atoms with Crippen LogP contribution in [0.5, 0.6) is 0 Å². The first-order chi connectivity index (χ1) is 15.3. The molecule has 1 aliphatic heterocycles. The molecule has 3 rings (SSSR count). The number of hydrogen-bond donors (Lipinski definition) is 2. The van der Waals surface area contributed by atoms with Crippen LogP contribution in [0, 0.1) is 5.41 Å². The number of nitrogens with zero attached hydrogens (tertiary/aromatic N) is 2. The Hall–Kier alpha value is -2.46. The van der Waals surface area contributed by atoms with Crippen molar-refractivity contribution in [3.05, 3.63) is 57.6 Å². The maximum absolute atomic E-state index is 14.4. The van der Waals surface area contributed by atoms with Gasteiger partial charge in [0.15, 0.2) is 0 Å². The SMILES string of the molecule is N=CCCN=C(N)CCN1c2ccc(Cl)cc2C(C(F)(F)F)(C(F)(F)F)c2cc(Cl)ccc21. The standard InChI is InChI=1S/C21H18Cl2F6N4/c22-12-2-4-16-14(10-12)19(20(24,25)26,21(27,28)29)15-11-13(23)3-5-17(15)33(16)9-6-18(31)32-8-1-7-30/h2-5,7,10-11,30H,1,6,8-9H2,(H2,31,32). The lowest BCUT2D eigenvalue weighted by Gasteiger charge is -2.46. The highest BCUT2D eigenvalue weighted by Crippen LogP contribution is 2.63. The fourth-order valence-electron chi connectivity index (χ4n) is 3.95. The summed E-state index contributed by atoms with van der Waals surface area (Å²) >= 11 is 11.7. The van der Waals surface area contributed by atoms with Crippen LogP contribution in [0.25, 0.3) is 0 Å². The molecule has 33 heavy (non-hydrogen) atoms. The lowest BCUT2D eigenvalue weighted by molar-refractivity contribution is -0.288. The molecular formula is C21H18Cl2F6N4. The topological polar surface area (TPSA) is 65.5 Å². The fraction of sp³-hybridized carbons (Fsp3) is 0.333. The number of hydrogen-bond acceptors (Lipinski definition) is 3. The van der Waals surface area contributed by atoms with Crippen molar-refractivity contribution in [3.63, 3.8) is 0 Å². The van der Waals surface area contributed by atoms with E-state index >= 15 is 0 Å². The molecule has 2 aromatic rings.